The molecule has 0 aliphatic heterocycles. The Morgan fingerprint density at radius 2 is 2.00 bits per heavy atom. The van der Waals surface area contributed by atoms with Crippen LogP contribution in [0.15, 0.2) is 24.3 Å². The second-order valence-corrected chi connectivity index (χ2v) is 6.56. The summed E-state index contributed by atoms with van der Waals surface area (Å²) in [4.78, 5) is 17.1. The highest BCUT2D eigenvalue weighted by Crippen LogP contribution is 2.26. The van der Waals surface area contributed by atoms with E-state index in [9.17, 15) is 4.79 Å². The summed E-state index contributed by atoms with van der Waals surface area (Å²) in [7, 11) is 0. The van der Waals surface area contributed by atoms with E-state index in [2.05, 4.69) is 10.3 Å². The van der Waals surface area contributed by atoms with Crippen LogP contribution in [0.1, 0.15) is 48.2 Å². The Labute approximate surface area is 136 Å². The van der Waals surface area contributed by atoms with Crippen molar-refractivity contribution in [1.82, 2.24) is 10.3 Å². The molecule has 1 aliphatic rings. The minimum atomic E-state index is -0.0909. The van der Waals surface area contributed by atoms with Crippen molar-refractivity contribution in [3.63, 3.8) is 0 Å². The molecule has 3 nitrogen and oxygen atoms in total. The molecule has 0 unspecified atom stereocenters. The van der Waals surface area contributed by atoms with Crippen LogP contribution in [0.25, 0.3) is 10.9 Å². The number of nitrogens with one attached hydrogen (secondary N) is 1. The summed E-state index contributed by atoms with van der Waals surface area (Å²) < 4.78 is 0. The Hall–Kier alpha value is -1.61. The predicted molar refractivity (Wildman–Crippen MR) is 90.4 cm³/mol. The van der Waals surface area contributed by atoms with Crippen molar-refractivity contribution < 1.29 is 4.79 Å². The van der Waals surface area contributed by atoms with Crippen LogP contribution in [0.5, 0.6) is 0 Å². The standard InChI is InChI=1S/C18H21ClN2O/c1-12-7-8-14-16(21-12)10-9-15(19)17(14)18(22)20-11-13-5-3-2-4-6-13/h7-10,13H,2-6,11H2,1H3,(H,20,22). The molecule has 1 fully saturated rings. The summed E-state index contributed by atoms with van der Waals surface area (Å²) in [5.41, 5.74) is 2.29. The molecule has 116 valence electrons. The fraction of sp³-hybridized carbons (Fsp3) is 0.444. The molecule has 1 aromatic carbocycles. The minimum absolute atomic E-state index is 0.0909. The van der Waals surface area contributed by atoms with E-state index in [0.29, 0.717) is 16.5 Å². The number of halogens is 1. The molecule has 1 heterocycles. The number of carbonyl (C=O) groups is 1. The van der Waals surface area contributed by atoms with E-state index >= 15 is 0 Å². The van der Waals surface area contributed by atoms with Gasteiger partial charge in [0.15, 0.2) is 0 Å². The van der Waals surface area contributed by atoms with E-state index in [0.717, 1.165) is 23.1 Å². The van der Waals surface area contributed by atoms with Crippen molar-refractivity contribution in [1.29, 1.82) is 0 Å². The van der Waals surface area contributed by atoms with E-state index in [1.165, 1.54) is 32.1 Å². The van der Waals surface area contributed by atoms with Crippen molar-refractivity contribution in [3.05, 3.63) is 40.5 Å². The molecule has 0 radical (unpaired) electrons. The van der Waals surface area contributed by atoms with E-state index in [4.69, 9.17) is 11.6 Å². The molecule has 1 aliphatic carbocycles. The first kappa shape index (κ1) is 15.3. The zero-order valence-corrected chi connectivity index (χ0v) is 13.6. The summed E-state index contributed by atoms with van der Waals surface area (Å²) in [5.74, 6) is 0.513. The van der Waals surface area contributed by atoms with Gasteiger partial charge >= 0.3 is 0 Å². The summed E-state index contributed by atoms with van der Waals surface area (Å²) in [6.45, 7) is 2.68. The smallest absolute Gasteiger partial charge is 0.253 e. The van der Waals surface area contributed by atoms with Gasteiger partial charge in [0.1, 0.15) is 0 Å². The molecule has 3 rings (SSSR count). The van der Waals surface area contributed by atoms with Gasteiger partial charge in [-0.25, -0.2) is 0 Å². The number of hydrogen-bond acceptors (Lipinski definition) is 2. The Morgan fingerprint density at radius 1 is 1.23 bits per heavy atom. The summed E-state index contributed by atoms with van der Waals surface area (Å²) in [5, 5.41) is 4.37. The highest BCUT2D eigenvalue weighted by Gasteiger charge is 2.18. The zero-order valence-electron chi connectivity index (χ0n) is 12.9. The van der Waals surface area contributed by atoms with Gasteiger partial charge in [-0.2, -0.15) is 0 Å². The largest absolute Gasteiger partial charge is 0.352 e. The molecule has 0 saturated heterocycles. The van der Waals surface area contributed by atoms with Crippen LogP contribution >= 0.6 is 11.6 Å². The van der Waals surface area contributed by atoms with Gasteiger partial charge in [0.05, 0.1) is 16.1 Å². The number of nitrogens with zero attached hydrogens (tertiary/aromatic N) is 1. The third kappa shape index (κ3) is 3.25. The number of hydrogen-bond donors (Lipinski definition) is 1. The summed E-state index contributed by atoms with van der Waals surface area (Å²) in [6.07, 6.45) is 6.30. The number of rotatable bonds is 3. The average Bonchev–Trinajstić information content (AvgIpc) is 2.54. The first-order valence-electron chi connectivity index (χ1n) is 7.99. The molecular formula is C18H21ClN2O. The topological polar surface area (TPSA) is 42.0 Å². The lowest BCUT2D eigenvalue weighted by molar-refractivity contribution is 0.0945. The number of fused-ring (bicyclic) bond motifs is 1. The van der Waals surface area contributed by atoms with Gasteiger partial charge in [0.25, 0.3) is 5.91 Å². The van der Waals surface area contributed by atoms with E-state index in [1.807, 2.05) is 25.1 Å². The van der Waals surface area contributed by atoms with Crippen molar-refractivity contribution in [2.75, 3.05) is 6.54 Å². The monoisotopic (exact) mass is 316 g/mol. The molecule has 1 aromatic heterocycles. The van der Waals surface area contributed by atoms with Crippen molar-refractivity contribution >= 4 is 28.4 Å². The molecule has 0 bridgehead atoms. The summed E-state index contributed by atoms with van der Waals surface area (Å²) >= 11 is 6.27. The van der Waals surface area contributed by atoms with Crippen molar-refractivity contribution in [2.24, 2.45) is 5.92 Å². The Morgan fingerprint density at radius 3 is 2.77 bits per heavy atom. The Balaban J connectivity index is 1.82. The first-order chi connectivity index (χ1) is 10.6. The number of amides is 1. The molecule has 1 amide bonds. The second kappa shape index (κ2) is 6.66. The Bertz CT molecular complexity index is 693. The van der Waals surface area contributed by atoms with Crippen LogP contribution in [0, 0.1) is 12.8 Å². The van der Waals surface area contributed by atoms with Crippen LogP contribution in [0.3, 0.4) is 0 Å². The quantitative estimate of drug-likeness (QED) is 0.905. The van der Waals surface area contributed by atoms with Crippen molar-refractivity contribution in [2.45, 2.75) is 39.0 Å². The molecular weight excluding hydrogens is 296 g/mol. The normalized spacial score (nSPS) is 15.9. The van der Waals surface area contributed by atoms with Gasteiger partial charge < -0.3 is 5.32 Å². The molecule has 22 heavy (non-hydrogen) atoms. The molecule has 0 atom stereocenters. The average molecular weight is 317 g/mol. The first-order valence-corrected chi connectivity index (χ1v) is 8.37. The van der Waals surface area contributed by atoms with E-state index in [-0.39, 0.29) is 5.91 Å². The molecule has 1 saturated carbocycles. The number of carbonyl (C=O) groups excluding carboxylic acids is 1. The van der Waals surface area contributed by atoms with Gasteiger partial charge in [-0.3, -0.25) is 9.78 Å². The van der Waals surface area contributed by atoms with Crippen LogP contribution in [-0.2, 0) is 0 Å². The molecule has 1 N–H and O–H groups in total. The van der Waals surface area contributed by atoms with Crippen LogP contribution < -0.4 is 5.32 Å². The fourth-order valence-corrected chi connectivity index (χ4v) is 3.48. The van der Waals surface area contributed by atoms with Gasteiger partial charge in [-0.05, 0) is 43.9 Å². The SMILES string of the molecule is Cc1ccc2c(C(=O)NCC3CCCCC3)c(Cl)ccc2n1. The molecule has 0 spiro atoms. The third-order valence-corrected chi connectivity index (χ3v) is 4.78. The van der Waals surface area contributed by atoms with E-state index < -0.39 is 0 Å². The number of pyridine rings is 1. The van der Waals surface area contributed by atoms with Gasteiger partial charge in [-0.1, -0.05) is 36.9 Å². The van der Waals surface area contributed by atoms with E-state index in [1.54, 1.807) is 6.07 Å². The molecule has 2 aromatic rings. The predicted octanol–water partition coefficient (Wildman–Crippen LogP) is 4.51. The van der Waals surface area contributed by atoms with Crippen LogP contribution in [0.4, 0.5) is 0 Å². The Kier molecular flexibility index (Phi) is 4.63. The maximum Gasteiger partial charge on any atom is 0.253 e. The number of aromatic nitrogens is 1. The number of benzene rings is 1. The second-order valence-electron chi connectivity index (χ2n) is 6.16. The summed E-state index contributed by atoms with van der Waals surface area (Å²) in [6, 6.07) is 7.46. The highest BCUT2D eigenvalue weighted by molar-refractivity contribution is 6.35. The lowest BCUT2D eigenvalue weighted by Gasteiger charge is -2.22. The fourth-order valence-electron chi connectivity index (χ4n) is 3.23. The maximum atomic E-state index is 12.6. The molecule has 4 heteroatoms. The maximum absolute atomic E-state index is 12.6. The van der Waals surface area contributed by atoms with Crippen LogP contribution in [-0.4, -0.2) is 17.4 Å². The van der Waals surface area contributed by atoms with Gasteiger partial charge in [0.2, 0.25) is 0 Å². The van der Waals surface area contributed by atoms with Crippen molar-refractivity contribution in [3.8, 4) is 0 Å². The minimum Gasteiger partial charge on any atom is -0.352 e. The lowest BCUT2D eigenvalue weighted by atomic mass is 9.89. The van der Waals surface area contributed by atoms with Gasteiger partial charge in [0, 0.05) is 17.6 Å². The van der Waals surface area contributed by atoms with Gasteiger partial charge in [-0.15, -0.1) is 0 Å². The lowest BCUT2D eigenvalue weighted by Crippen LogP contribution is -2.30. The number of aryl methyl sites for hydroxylation is 1. The zero-order chi connectivity index (χ0) is 15.5. The highest BCUT2D eigenvalue weighted by atomic mass is 35.5. The van der Waals surface area contributed by atoms with Crippen LogP contribution in [0.2, 0.25) is 5.02 Å². The third-order valence-electron chi connectivity index (χ3n) is 4.46.